The van der Waals surface area contributed by atoms with E-state index in [0.29, 0.717) is 26.2 Å². The molecular formula is C11H25N3O3S. The molecule has 0 aromatic carbocycles. The fourth-order valence-corrected chi connectivity index (χ4v) is 3.22. The van der Waals surface area contributed by atoms with Gasteiger partial charge >= 0.3 is 0 Å². The second-order valence-corrected chi connectivity index (χ2v) is 6.06. The zero-order valence-corrected chi connectivity index (χ0v) is 12.1. The molecule has 1 rings (SSSR count). The topological polar surface area (TPSA) is 70.7 Å². The molecule has 6 nitrogen and oxygen atoms in total. The highest BCUT2D eigenvalue weighted by Gasteiger charge is 2.18. The van der Waals surface area contributed by atoms with Crippen molar-refractivity contribution in [3.8, 4) is 0 Å². The Morgan fingerprint density at radius 3 is 2.44 bits per heavy atom. The largest absolute Gasteiger partial charge is 0.377 e. The molecule has 0 aromatic heterocycles. The highest BCUT2D eigenvalue weighted by atomic mass is 32.2. The molecule has 0 bridgehead atoms. The van der Waals surface area contributed by atoms with Crippen LogP contribution in [0.4, 0.5) is 0 Å². The highest BCUT2D eigenvalue weighted by molar-refractivity contribution is 7.87. The maximum absolute atomic E-state index is 11.8. The van der Waals surface area contributed by atoms with E-state index in [1.165, 1.54) is 4.31 Å². The van der Waals surface area contributed by atoms with Gasteiger partial charge < -0.3 is 10.1 Å². The van der Waals surface area contributed by atoms with Crippen LogP contribution in [0, 0.1) is 0 Å². The Bertz CT molecular complexity index is 311. The Kier molecular flexibility index (Phi) is 7.10. The first-order chi connectivity index (χ1) is 8.60. The van der Waals surface area contributed by atoms with Crippen molar-refractivity contribution in [1.29, 1.82) is 0 Å². The monoisotopic (exact) mass is 279 g/mol. The van der Waals surface area contributed by atoms with E-state index >= 15 is 0 Å². The van der Waals surface area contributed by atoms with Gasteiger partial charge in [0.05, 0.1) is 12.7 Å². The lowest BCUT2D eigenvalue weighted by Crippen LogP contribution is -2.42. The lowest BCUT2D eigenvalue weighted by Gasteiger charge is -2.23. The quantitative estimate of drug-likeness (QED) is 0.610. The summed E-state index contributed by atoms with van der Waals surface area (Å²) in [6, 6.07) is 0. The van der Waals surface area contributed by atoms with Gasteiger partial charge in [-0.25, -0.2) is 0 Å². The summed E-state index contributed by atoms with van der Waals surface area (Å²) in [7, 11) is -3.33. The predicted molar refractivity (Wildman–Crippen MR) is 71.7 cm³/mol. The third-order valence-corrected chi connectivity index (χ3v) is 4.84. The summed E-state index contributed by atoms with van der Waals surface area (Å²) in [4.78, 5) is 0. The van der Waals surface area contributed by atoms with Crippen LogP contribution in [0.3, 0.4) is 0 Å². The molecule has 1 heterocycles. The summed E-state index contributed by atoms with van der Waals surface area (Å²) in [6.07, 6.45) is 2.27. The van der Waals surface area contributed by atoms with Gasteiger partial charge in [0.1, 0.15) is 0 Å². The standard InChI is InChI=1S/C11H25N3O3S/c1-3-14(4-2)18(15,16)13-9-10-17-11-5-7-12-8-6-11/h11-13H,3-10H2,1-2H3. The molecule has 0 atom stereocenters. The lowest BCUT2D eigenvalue weighted by atomic mass is 10.1. The molecule has 7 heteroatoms. The van der Waals surface area contributed by atoms with E-state index in [4.69, 9.17) is 4.74 Å². The average Bonchev–Trinajstić information content (AvgIpc) is 2.37. The van der Waals surface area contributed by atoms with E-state index in [1.54, 1.807) is 0 Å². The second-order valence-electron chi connectivity index (χ2n) is 4.30. The van der Waals surface area contributed by atoms with E-state index in [0.717, 1.165) is 25.9 Å². The lowest BCUT2D eigenvalue weighted by molar-refractivity contribution is 0.0365. The number of ether oxygens (including phenoxy) is 1. The van der Waals surface area contributed by atoms with Crippen molar-refractivity contribution >= 4 is 10.2 Å². The first kappa shape index (κ1) is 15.8. The van der Waals surface area contributed by atoms with Gasteiger partial charge in [-0.05, 0) is 25.9 Å². The molecule has 1 aliphatic rings. The Morgan fingerprint density at radius 1 is 1.28 bits per heavy atom. The minimum absolute atomic E-state index is 0.268. The van der Waals surface area contributed by atoms with Gasteiger partial charge in [0.15, 0.2) is 0 Å². The third-order valence-electron chi connectivity index (χ3n) is 3.07. The summed E-state index contributed by atoms with van der Waals surface area (Å²) >= 11 is 0. The number of nitrogens with zero attached hydrogens (tertiary/aromatic N) is 1. The fourth-order valence-electron chi connectivity index (χ4n) is 2.01. The van der Waals surface area contributed by atoms with Crippen LogP contribution in [0.15, 0.2) is 0 Å². The van der Waals surface area contributed by atoms with Crippen molar-refractivity contribution < 1.29 is 13.2 Å². The smallest absolute Gasteiger partial charge is 0.279 e. The number of rotatable bonds is 8. The summed E-state index contributed by atoms with van der Waals surface area (Å²) in [5.41, 5.74) is 0. The Labute approximate surface area is 110 Å². The van der Waals surface area contributed by atoms with E-state index in [1.807, 2.05) is 13.8 Å². The number of hydrogen-bond acceptors (Lipinski definition) is 4. The molecule has 0 unspecified atom stereocenters. The molecule has 1 saturated heterocycles. The van der Waals surface area contributed by atoms with Gasteiger partial charge in [-0.3, -0.25) is 0 Å². The van der Waals surface area contributed by atoms with Gasteiger partial charge in [0.25, 0.3) is 10.2 Å². The minimum Gasteiger partial charge on any atom is -0.377 e. The van der Waals surface area contributed by atoms with Gasteiger partial charge in [-0.2, -0.15) is 17.4 Å². The summed E-state index contributed by atoms with van der Waals surface area (Å²) in [5, 5.41) is 3.26. The molecule has 1 fully saturated rings. The minimum atomic E-state index is -3.33. The molecule has 2 N–H and O–H groups in total. The van der Waals surface area contributed by atoms with Crippen LogP contribution in [0.1, 0.15) is 26.7 Å². The molecule has 18 heavy (non-hydrogen) atoms. The molecule has 108 valence electrons. The molecule has 0 aromatic rings. The Hall–Kier alpha value is -0.210. The number of piperidine rings is 1. The van der Waals surface area contributed by atoms with Gasteiger partial charge in [0.2, 0.25) is 0 Å². The summed E-state index contributed by atoms with van der Waals surface area (Å²) in [5.74, 6) is 0. The summed E-state index contributed by atoms with van der Waals surface area (Å²) < 4.78 is 33.2. The van der Waals surface area contributed by atoms with Crippen molar-refractivity contribution in [2.24, 2.45) is 0 Å². The molecule has 0 radical (unpaired) electrons. The van der Waals surface area contributed by atoms with Gasteiger partial charge in [0, 0.05) is 19.6 Å². The molecule has 0 aliphatic carbocycles. The van der Waals surface area contributed by atoms with Crippen molar-refractivity contribution in [1.82, 2.24) is 14.3 Å². The Balaban J connectivity index is 2.20. The fraction of sp³-hybridized carbons (Fsp3) is 1.00. The normalized spacial score (nSPS) is 18.4. The van der Waals surface area contributed by atoms with Crippen LogP contribution in [0.2, 0.25) is 0 Å². The van der Waals surface area contributed by atoms with E-state index in [9.17, 15) is 8.42 Å². The maximum Gasteiger partial charge on any atom is 0.279 e. The van der Waals surface area contributed by atoms with Gasteiger partial charge in [-0.15, -0.1) is 0 Å². The zero-order chi connectivity index (χ0) is 13.4. The molecule has 0 saturated carbocycles. The first-order valence-electron chi connectivity index (χ1n) is 6.67. The van der Waals surface area contributed by atoms with Crippen molar-refractivity contribution in [3.05, 3.63) is 0 Å². The molecule has 1 aliphatic heterocycles. The zero-order valence-electron chi connectivity index (χ0n) is 11.3. The van der Waals surface area contributed by atoms with Crippen molar-refractivity contribution in [2.45, 2.75) is 32.8 Å². The van der Waals surface area contributed by atoms with Crippen LogP contribution in [0.5, 0.6) is 0 Å². The molecule has 0 amide bonds. The Morgan fingerprint density at radius 2 is 1.89 bits per heavy atom. The van der Waals surface area contributed by atoms with Crippen molar-refractivity contribution in [3.63, 3.8) is 0 Å². The van der Waals surface area contributed by atoms with Crippen LogP contribution in [-0.2, 0) is 14.9 Å². The second kappa shape index (κ2) is 8.06. The predicted octanol–water partition coefficient (Wildman–Crippen LogP) is -0.0688. The van der Waals surface area contributed by atoms with Crippen LogP contribution < -0.4 is 10.0 Å². The average molecular weight is 279 g/mol. The number of nitrogens with one attached hydrogen (secondary N) is 2. The molecular weight excluding hydrogens is 254 g/mol. The number of hydrogen-bond donors (Lipinski definition) is 2. The van der Waals surface area contributed by atoms with Crippen LogP contribution >= 0.6 is 0 Å². The first-order valence-corrected chi connectivity index (χ1v) is 8.11. The van der Waals surface area contributed by atoms with E-state index in [-0.39, 0.29) is 6.10 Å². The summed E-state index contributed by atoms with van der Waals surface area (Å²) in [6.45, 7) is 7.37. The highest BCUT2D eigenvalue weighted by Crippen LogP contribution is 2.06. The van der Waals surface area contributed by atoms with Crippen LogP contribution in [-0.4, -0.2) is 58.2 Å². The molecule has 0 spiro atoms. The maximum atomic E-state index is 11.8. The third kappa shape index (κ3) is 5.19. The van der Waals surface area contributed by atoms with E-state index in [2.05, 4.69) is 10.0 Å². The van der Waals surface area contributed by atoms with Gasteiger partial charge in [-0.1, -0.05) is 13.8 Å². The van der Waals surface area contributed by atoms with Crippen molar-refractivity contribution in [2.75, 3.05) is 39.3 Å². The van der Waals surface area contributed by atoms with E-state index < -0.39 is 10.2 Å². The SMILES string of the molecule is CCN(CC)S(=O)(=O)NCCOC1CCNCC1. The van der Waals surface area contributed by atoms with Crippen LogP contribution in [0.25, 0.3) is 0 Å².